The molecule has 3 nitrogen and oxygen atoms in total. The lowest BCUT2D eigenvalue weighted by molar-refractivity contribution is 0.387. The Labute approximate surface area is 98.6 Å². The van der Waals surface area contributed by atoms with Crippen LogP contribution >= 0.6 is 0 Å². The van der Waals surface area contributed by atoms with Gasteiger partial charge in [0.25, 0.3) is 0 Å². The lowest BCUT2D eigenvalue weighted by Crippen LogP contribution is -2.03. The van der Waals surface area contributed by atoms with Crippen molar-refractivity contribution < 1.29 is 4.74 Å². The van der Waals surface area contributed by atoms with Gasteiger partial charge in [0.2, 0.25) is 0 Å². The van der Waals surface area contributed by atoms with Crippen molar-refractivity contribution in [3.05, 3.63) is 42.7 Å². The highest BCUT2D eigenvalue weighted by atomic mass is 16.6. The number of hydrogen-bond donors (Lipinski definition) is 0. The first-order valence-electron chi connectivity index (χ1n) is 5.86. The van der Waals surface area contributed by atoms with Crippen LogP contribution in [0, 0.1) is 0 Å². The van der Waals surface area contributed by atoms with Gasteiger partial charge in [-0.1, -0.05) is 18.2 Å². The average Bonchev–Trinajstić information content (AvgIpc) is 3.15. The fourth-order valence-electron chi connectivity index (χ4n) is 2.47. The van der Waals surface area contributed by atoms with E-state index in [9.17, 15) is 0 Å². The van der Waals surface area contributed by atoms with Crippen molar-refractivity contribution in [3.8, 4) is 0 Å². The number of fused-ring (bicyclic) bond motifs is 3. The van der Waals surface area contributed by atoms with Gasteiger partial charge in [-0.05, 0) is 12.1 Å². The quantitative estimate of drug-likeness (QED) is 0.626. The van der Waals surface area contributed by atoms with Gasteiger partial charge in [-0.25, -0.2) is 0 Å². The molecular formula is C14H12N2O. The van der Waals surface area contributed by atoms with Crippen LogP contribution in [0.4, 0.5) is 0 Å². The van der Waals surface area contributed by atoms with Gasteiger partial charge in [-0.2, -0.15) is 0 Å². The molecule has 1 aromatic carbocycles. The summed E-state index contributed by atoms with van der Waals surface area (Å²) >= 11 is 0. The summed E-state index contributed by atoms with van der Waals surface area (Å²) < 4.78 is 7.65. The van der Waals surface area contributed by atoms with Crippen molar-refractivity contribution in [2.45, 2.75) is 12.6 Å². The van der Waals surface area contributed by atoms with Crippen LogP contribution in [0.5, 0.6) is 0 Å². The molecule has 0 N–H and O–H groups in total. The summed E-state index contributed by atoms with van der Waals surface area (Å²) in [6.07, 6.45) is 4.18. The van der Waals surface area contributed by atoms with Gasteiger partial charge in [0.1, 0.15) is 0 Å². The number of ether oxygens (including phenoxy) is 1. The Morgan fingerprint density at radius 1 is 1.18 bits per heavy atom. The predicted molar refractivity (Wildman–Crippen MR) is 67.0 cm³/mol. The number of hydrogen-bond acceptors (Lipinski definition) is 2. The molecule has 3 aromatic rings. The van der Waals surface area contributed by atoms with Crippen molar-refractivity contribution >= 4 is 21.8 Å². The van der Waals surface area contributed by atoms with E-state index in [1.165, 1.54) is 21.8 Å². The minimum absolute atomic E-state index is 0.384. The SMILES string of the molecule is c1ccc2c(c1)c1ccncc1n2CC1CO1. The number of benzene rings is 1. The summed E-state index contributed by atoms with van der Waals surface area (Å²) in [4.78, 5) is 4.23. The molecule has 1 atom stereocenters. The van der Waals surface area contributed by atoms with Gasteiger partial charge in [-0.15, -0.1) is 0 Å². The molecule has 3 heteroatoms. The minimum Gasteiger partial charge on any atom is -0.371 e. The summed E-state index contributed by atoms with van der Waals surface area (Å²) in [5, 5.41) is 2.57. The minimum atomic E-state index is 0.384. The summed E-state index contributed by atoms with van der Waals surface area (Å²) in [6.45, 7) is 1.81. The molecule has 1 aliphatic heterocycles. The molecule has 0 saturated carbocycles. The predicted octanol–water partition coefficient (Wildman–Crippen LogP) is 2.59. The van der Waals surface area contributed by atoms with Crippen LogP contribution in [0.15, 0.2) is 42.7 Å². The maximum atomic E-state index is 5.34. The molecule has 1 unspecified atom stereocenters. The number of aromatic nitrogens is 2. The molecule has 0 aliphatic carbocycles. The third kappa shape index (κ3) is 1.36. The fourth-order valence-corrected chi connectivity index (χ4v) is 2.47. The normalized spacial score (nSPS) is 18.9. The number of pyridine rings is 1. The Balaban J connectivity index is 2.10. The maximum Gasteiger partial charge on any atom is 0.0988 e. The smallest absolute Gasteiger partial charge is 0.0988 e. The van der Waals surface area contributed by atoms with E-state index in [1.54, 1.807) is 0 Å². The largest absolute Gasteiger partial charge is 0.371 e. The lowest BCUT2D eigenvalue weighted by Gasteiger charge is -2.03. The first-order valence-corrected chi connectivity index (χ1v) is 5.86. The van der Waals surface area contributed by atoms with E-state index in [-0.39, 0.29) is 0 Å². The first-order chi connectivity index (χ1) is 8.43. The molecule has 3 heterocycles. The highest BCUT2D eigenvalue weighted by Gasteiger charge is 2.24. The molecule has 2 aromatic heterocycles. The van der Waals surface area contributed by atoms with E-state index in [4.69, 9.17) is 4.74 Å². The fraction of sp³-hybridized carbons (Fsp3) is 0.214. The molecule has 4 rings (SSSR count). The molecular weight excluding hydrogens is 212 g/mol. The molecule has 1 fully saturated rings. The Morgan fingerprint density at radius 2 is 2.00 bits per heavy atom. The van der Waals surface area contributed by atoms with Crippen molar-refractivity contribution in [1.29, 1.82) is 0 Å². The summed E-state index contributed by atoms with van der Waals surface area (Å²) in [6, 6.07) is 10.6. The second-order valence-electron chi connectivity index (χ2n) is 4.48. The summed E-state index contributed by atoms with van der Waals surface area (Å²) in [7, 11) is 0. The van der Waals surface area contributed by atoms with E-state index in [1.807, 2.05) is 12.4 Å². The maximum absolute atomic E-state index is 5.34. The third-order valence-corrected chi connectivity index (χ3v) is 3.36. The van der Waals surface area contributed by atoms with Crippen LogP contribution in [-0.4, -0.2) is 22.3 Å². The van der Waals surface area contributed by atoms with E-state index >= 15 is 0 Å². The summed E-state index contributed by atoms with van der Waals surface area (Å²) in [5.74, 6) is 0. The van der Waals surface area contributed by atoms with Gasteiger partial charge in [-0.3, -0.25) is 4.98 Å². The van der Waals surface area contributed by atoms with Crippen LogP contribution < -0.4 is 0 Å². The number of epoxide rings is 1. The Morgan fingerprint density at radius 3 is 2.88 bits per heavy atom. The molecule has 1 saturated heterocycles. The van der Waals surface area contributed by atoms with Crippen molar-refractivity contribution in [3.63, 3.8) is 0 Å². The summed E-state index contributed by atoms with van der Waals surface area (Å²) in [5.41, 5.74) is 2.47. The molecule has 1 aliphatic rings. The number of nitrogens with zero attached hydrogens (tertiary/aromatic N) is 2. The standard InChI is InChI=1S/C14H12N2O/c1-2-4-13-11(3-1)12-5-6-15-7-14(12)16(13)8-10-9-17-10/h1-7,10H,8-9H2. The second-order valence-corrected chi connectivity index (χ2v) is 4.48. The Kier molecular flexibility index (Phi) is 1.79. The average molecular weight is 224 g/mol. The van der Waals surface area contributed by atoms with E-state index < -0.39 is 0 Å². The van der Waals surface area contributed by atoms with Gasteiger partial charge in [0.05, 0.1) is 31.0 Å². The highest BCUT2D eigenvalue weighted by Crippen LogP contribution is 2.29. The Hall–Kier alpha value is -1.87. The zero-order valence-electron chi connectivity index (χ0n) is 9.34. The molecule has 17 heavy (non-hydrogen) atoms. The monoisotopic (exact) mass is 224 g/mol. The second kappa shape index (κ2) is 3.31. The van der Waals surface area contributed by atoms with Crippen LogP contribution in [0.1, 0.15) is 0 Å². The van der Waals surface area contributed by atoms with E-state index in [0.29, 0.717) is 6.10 Å². The van der Waals surface area contributed by atoms with Crippen LogP contribution in [0.2, 0.25) is 0 Å². The van der Waals surface area contributed by atoms with E-state index in [0.717, 1.165) is 13.2 Å². The van der Waals surface area contributed by atoms with Gasteiger partial charge >= 0.3 is 0 Å². The van der Waals surface area contributed by atoms with Gasteiger partial charge < -0.3 is 9.30 Å². The zero-order chi connectivity index (χ0) is 11.2. The van der Waals surface area contributed by atoms with Crippen molar-refractivity contribution in [1.82, 2.24) is 9.55 Å². The molecule has 0 bridgehead atoms. The number of rotatable bonds is 2. The number of para-hydroxylation sites is 1. The highest BCUT2D eigenvalue weighted by molar-refractivity contribution is 6.07. The van der Waals surface area contributed by atoms with E-state index in [2.05, 4.69) is 39.9 Å². The Bertz CT molecular complexity index is 644. The van der Waals surface area contributed by atoms with Gasteiger partial charge in [0, 0.05) is 22.5 Å². The molecule has 0 amide bonds. The van der Waals surface area contributed by atoms with Crippen LogP contribution in [0.3, 0.4) is 0 Å². The van der Waals surface area contributed by atoms with Crippen LogP contribution in [0.25, 0.3) is 21.8 Å². The van der Waals surface area contributed by atoms with Crippen LogP contribution in [-0.2, 0) is 11.3 Å². The van der Waals surface area contributed by atoms with Crippen molar-refractivity contribution in [2.75, 3.05) is 6.61 Å². The molecule has 0 spiro atoms. The lowest BCUT2D eigenvalue weighted by atomic mass is 10.2. The van der Waals surface area contributed by atoms with Crippen molar-refractivity contribution in [2.24, 2.45) is 0 Å². The molecule has 0 radical (unpaired) electrons. The zero-order valence-corrected chi connectivity index (χ0v) is 9.34. The topological polar surface area (TPSA) is 30.4 Å². The third-order valence-electron chi connectivity index (χ3n) is 3.36. The van der Waals surface area contributed by atoms with Gasteiger partial charge in [0.15, 0.2) is 0 Å². The first kappa shape index (κ1) is 9.19. The molecule has 84 valence electrons.